The van der Waals surface area contributed by atoms with Gasteiger partial charge in [0, 0.05) is 19.6 Å². The van der Waals surface area contributed by atoms with E-state index in [-0.39, 0.29) is 0 Å². The van der Waals surface area contributed by atoms with E-state index in [1.165, 1.54) is 25.8 Å². The van der Waals surface area contributed by atoms with E-state index in [0.717, 1.165) is 30.8 Å². The number of nitrogens with zero attached hydrogens (tertiary/aromatic N) is 4. The Kier molecular flexibility index (Phi) is 2.67. The summed E-state index contributed by atoms with van der Waals surface area (Å²) >= 11 is 0. The Hall–Kier alpha value is -0.940. The lowest BCUT2D eigenvalue weighted by atomic mass is 10.1. The van der Waals surface area contributed by atoms with Crippen molar-refractivity contribution in [1.82, 2.24) is 19.9 Å². The third-order valence-corrected chi connectivity index (χ3v) is 5.32. The van der Waals surface area contributed by atoms with Crippen molar-refractivity contribution >= 4 is 0 Å². The first-order valence-electron chi connectivity index (χ1n) is 7.54. The summed E-state index contributed by atoms with van der Waals surface area (Å²) in [7, 11) is 0. The number of likely N-dealkylation sites (tertiary alicyclic amines) is 1. The van der Waals surface area contributed by atoms with Crippen LogP contribution >= 0.6 is 0 Å². The van der Waals surface area contributed by atoms with E-state index in [4.69, 9.17) is 0 Å². The fourth-order valence-corrected chi connectivity index (χ4v) is 4.06. The van der Waals surface area contributed by atoms with Crippen LogP contribution < -0.4 is 0 Å². The van der Waals surface area contributed by atoms with Crippen molar-refractivity contribution in [2.45, 2.75) is 38.3 Å². The summed E-state index contributed by atoms with van der Waals surface area (Å²) in [6.45, 7) is 5.22. The monoisotopic (exact) mass is 262 g/mol. The molecule has 1 N–H and O–H groups in total. The van der Waals surface area contributed by atoms with Gasteiger partial charge in [-0.15, -0.1) is 5.10 Å². The quantitative estimate of drug-likeness (QED) is 0.887. The summed E-state index contributed by atoms with van der Waals surface area (Å²) in [5, 5.41) is 17.6. The maximum atomic E-state index is 9.45. The molecule has 1 aromatic rings. The molecule has 104 valence electrons. The Labute approximate surface area is 113 Å². The predicted molar refractivity (Wildman–Crippen MR) is 70.5 cm³/mol. The fraction of sp³-hybridized carbons (Fsp3) is 0.857. The fourth-order valence-electron chi connectivity index (χ4n) is 4.06. The lowest BCUT2D eigenvalue weighted by molar-refractivity contribution is 0.0878. The number of hydrogen-bond donors (Lipinski definition) is 1. The van der Waals surface area contributed by atoms with Gasteiger partial charge < -0.3 is 5.11 Å². The van der Waals surface area contributed by atoms with Crippen molar-refractivity contribution in [2.75, 3.05) is 19.6 Å². The second-order valence-electron chi connectivity index (χ2n) is 6.59. The Morgan fingerprint density at radius 2 is 2.11 bits per heavy atom. The normalized spacial score (nSPS) is 36.0. The van der Waals surface area contributed by atoms with Crippen molar-refractivity contribution in [3.8, 4) is 0 Å². The first-order chi connectivity index (χ1) is 9.22. The van der Waals surface area contributed by atoms with Crippen LogP contribution in [-0.4, -0.2) is 44.6 Å². The number of rotatable bonds is 4. The predicted octanol–water partition coefficient (Wildman–Crippen LogP) is 1.23. The number of aliphatic hydroxyl groups excluding tert-OH is 1. The highest BCUT2D eigenvalue weighted by Gasteiger charge is 2.53. The van der Waals surface area contributed by atoms with E-state index < -0.39 is 6.10 Å². The van der Waals surface area contributed by atoms with E-state index in [0.29, 0.717) is 11.7 Å². The van der Waals surface area contributed by atoms with Crippen LogP contribution in [0.5, 0.6) is 0 Å². The van der Waals surface area contributed by atoms with Crippen LogP contribution in [0.3, 0.4) is 0 Å². The summed E-state index contributed by atoms with van der Waals surface area (Å²) in [6.07, 6.45) is 5.80. The van der Waals surface area contributed by atoms with Gasteiger partial charge in [-0.3, -0.25) is 4.90 Å². The van der Waals surface area contributed by atoms with E-state index >= 15 is 0 Å². The van der Waals surface area contributed by atoms with E-state index in [9.17, 15) is 5.11 Å². The van der Waals surface area contributed by atoms with Crippen LogP contribution in [0.1, 0.15) is 44.0 Å². The molecule has 4 rings (SSSR count). The molecule has 0 bridgehead atoms. The van der Waals surface area contributed by atoms with Crippen LogP contribution in [0, 0.1) is 17.8 Å². The van der Waals surface area contributed by atoms with Gasteiger partial charge in [0.05, 0.1) is 18.3 Å². The highest BCUT2D eigenvalue weighted by atomic mass is 16.3. The summed E-state index contributed by atoms with van der Waals surface area (Å²) in [5.74, 6) is 3.12. The molecule has 3 unspecified atom stereocenters. The molecule has 2 saturated carbocycles. The minimum absolute atomic E-state index is 0.457. The largest absolute Gasteiger partial charge is 0.387 e. The van der Waals surface area contributed by atoms with Crippen LogP contribution in [-0.2, 0) is 0 Å². The molecule has 0 aromatic carbocycles. The van der Waals surface area contributed by atoms with E-state index in [2.05, 4.69) is 15.2 Å². The van der Waals surface area contributed by atoms with Crippen LogP contribution in [0.15, 0.2) is 6.20 Å². The summed E-state index contributed by atoms with van der Waals surface area (Å²) < 4.78 is 1.92. The molecule has 0 radical (unpaired) electrons. The second kappa shape index (κ2) is 4.28. The van der Waals surface area contributed by atoms with Crippen LogP contribution in [0.25, 0.3) is 0 Å². The van der Waals surface area contributed by atoms with Gasteiger partial charge >= 0.3 is 0 Å². The van der Waals surface area contributed by atoms with Crippen molar-refractivity contribution in [1.29, 1.82) is 0 Å². The van der Waals surface area contributed by atoms with Crippen LogP contribution in [0.2, 0.25) is 0 Å². The lowest BCUT2D eigenvalue weighted by Gasteiger charge is -2.39. The summed E-state index contributed by atoms with van der Waals surface area (Å²) in [5.41, 5.74) is 0.676. The van der Waals surface area contributed by atoms with Gasteiger partial charge in [0.1, 0.15) is 5.69 Å². The molecular formula is C14H22N4O. The molecule has 0 amide bonds. The van der Waals surface area contributed by atoms with Crippen molar-refractivity contribution < 1.29 is 5.11 Å². The Morgan fingerprint density at radius 1 is 1.37 bits per heavy atom. The molecule has 1 aliphatic heterocycles. The molecule has 1 saturated heterocycles. The Balaban J connectivity index is 1.28. The molecule has 3 atom stereocenters. The molecule has 2 heterocycles. The Bertz CT molecular complexity index is 456. The summed E-state index contributed by atoms with van der Waals surface area (Å²) in [4.78, 5) is 2.55. The van der Waals surface area contributed by atoms with Gasteiger partial charge in [0.2, 0.25) is 0 Å². The zero-order chi connectivity index (χ0) is 13.0. The number of hydrogen-bond acceptors (Lipinski definition) is 4. The van der Waals surface area contributed by atoms with Crippen LogP contribution in [0.4, 0.5) is 0 Å². The highest BCUT2D eigenvalue weighted by Crippen LogP contribution is 2.57. The molecule has 2 aliphatic carbocycles. The average Bonchev–Trinajstić information content (AvgIpc) is 2.77. The number of aromatic nitrogens is 3. The lowest BCUT2D eigenvalue weighted by Crippen LogP contribution is -2.48. The van der Waals surface area contributed by atoms with Gasteiger partial charge in [-0.1, -0.05) is 11.6 Å². The molecular weight excluding hydrogens is 240 g/mol. The first kappa shape index (κ1) is 11.9. The third-order valence-electron chi connectivity index (χ3n) is 5.32. The van der Waals surface area contributed by atoms with Crippen molar-refractivity contribution in [2.24, 2.45) is 17.8 Å². The topological polar surface area (TPSA) is 54.2 Å². The van der Waals surface area contributed by atoms with Gasteiger partial charge in [0.25, 0.3) is 0 Å². The van der Waals surface area contributed by atoms with E-state index in [1.807, 2.05) is 10.9 Å². The van der Waals surface area contributed by atoms with Gasteiger partial charge in [0.15, 0.2) is 0 Å². The maximum Gasteiger partial charge on any atom is 0.111 e. The molecule has 1 aromatic heterocycles. The van der Waals surface area contributed by atoms with E-state index in [1.54, 1.807) is 6.92 Å². The molecule has 5 nitrogen and oxygen atoms in total. The van der Waals surface area contributed by atoms with Crippen molar-refractivity contribution in [3.05, 3.63) is 11.9 Å². The second-order valence-corrected chi connectivity index (χ2v) is 6.59. The minimum Gasteiger partial charge on any atom is -0.387 e. The van der Waals surface area contributed by atoms with Gasteiger partial charge in [-0.2, -0.15) is 0 Å². The SMILES string of the molecule is CC(O)c1cn(C2CN(CC3C4CCCC43)C2)nn1. The zero-order valence-corrected chi connectivity index (χ0v) is 11.4. The van der Waals surface area contributed by atoms with Gasteiger partial charge in [-0.05, 0) is 37.5 Å². The molecule has 5 heteroatoms. The minimum atomic E-state index is -0.518. The smallest absolute Gasteiger partial charge is 0.111 e. The van der Waals surface area contributed by atoms with Crippen molar-refractivity contribution in [3.63, 3.8) is 0 Å². The first-order valence-corrected chi connectivity index (χ1v) is 7.54. The Morgan fingerprint density at radius 3 is 2.74 bits per heavy atom. The van der Waals surface area contributed by atoms with Gasteiger partial charge in [-0.25, -0.2) is 4.68 Å². The standard InChI is InChI=1S/C14H22N4O/c1-9(19)14-8-18(16-15-14)10-5-17(6-10)7-13-11-3-2-4-12(11)13/h8-13,19H,2-7H2,1H3. The third kappa shape index (κ3) is 1.99. The molecule has 0 spiro atoms. The maximum absolute atomic E-state index is 9.45. The number of aliphatic hydroxyl groups is 1. The molecule has 19 heavy (non-hydrogen) atoms. The average molecular weight is 262 g/mol. The highest BCUT2D eigenvalue weighted by molar-refractivity contribution is 5.04. The number of fused-ring (bicyclic) bond motifs is 1. The molecule has 3 fully saturated rings. The zero-order valence-electron chi connectivity index (χ0n) is 11.4. The summed E-state index contributed by atoms with van der Waals surface area (Å²) in [6, 6.07) is 0.457. The molecule has 3 aliphatic rings.